The molecule has 102 valence electrons. The van der Waals surface area contributed by atoms with E-state index in [-0.39, 0.29) is 5.69 Å². The maximum Gasteiger partial charge on any atom is 0.356 e. The highest BCUT2D eigenvalue weighted by molar-refractivity contribution is 5.86. The third kappa shape index (κ3) is 3.41. The second-order valence-corrected chi connectivity index (χ2v) is 4.94. The number of carboxylic acid groups (broad SMARTS) is 1. The zero-order valence-electron chi connectivity index (χ0n) is 10.8. The Hall–Kier alpha value is -2.15. The van der Waals surface area contributed by atoms with Crippen LogP contribution in [-0.4, -0.2) is 42.9 Å². The van der Waals surface area contributed by atoms with E-state index < -0.39 is 11.6 Å². The van der Waals surface area contributed by atoms with Crippen molar-refractivity contribution < 1.29 is 15.0 Å². The molecule has 3 N–H and O–H groups in total. The van der Waals surface area contributed by atoms with Crippen molar-refractivity contribution in [3.63, 3.8) is 0 Å². The lowest BCUT2D eigenvalue weighted by atomic mass is 10.1. The Kier molecular flexibility index (Phi) is 3.39. The highest BCUT2D eigenvalue weighted by atomic mass is 16.4. The summed E-state index contributed by atoms with van der Waals surface area (Å²) >= 11 is 0. The Morgan fingerprint density at radius 3 is 2.89 bits per heavy atom. The molecule has 0 spiro atoms. The molecule has 0 aliphatic rings. The lowest BCUT2D eigenvalue weighted by molar-refractivity contribution is 0.0689. The number of aromatic nitrogens is 3. The Labute approximate surface area is 109 Å². The lowest BCUT2D eigenvalue weighted by Crippen LogP contribution is -2.22. The molecule has 2 rings (SSSR count). The van der Waals surface area contributed by atoms with Gasteiger partial charge in [0, 0.05) is 18.8 Å². The smallest absolute Gasteiger partial charge is 0.356 e. The number of fused-ring (bicyclic) bond motifs is 1. The van der Waals surface area contributed by atoms with Crippen LogP contribution in [0.2, 0.25) is 0 Å². The summed E-state index contributed by atoms with van der Waals surface area (Å²) in [6, 6.07) is 3.11. The summed E-state index contributed by atoms with van der Waals surface area (Å²) in [5.41, 5.74) is -0.309. The third-order valence-electron chi connectivity index (χ3n) is 2.59. The fraction of sp³-hybridized carbons (Fsp3) is 0.417. The fourth-order valence-electron chi connectivity index (χ4n) is 1.58. The Morgan fingerprint density at radius 2 is 2.26 bits per heavy atom. The topological polar surface area (TPSA) is 99.8 Å². The first-order valence-electron chi connectivity index (χ1n) is 5.91. The van der Waals surface area contributed by atoms with Gasteiger partial charge in [0.25, 0.3) is 0 Å². The summed E-state index contributed by atoms with van der Waals surface area (Å²) < 4.78 is 1.41. The van der Waals surface area contributed by atoms with Crippen molar-refractivity contribution in [1.82, 2.24) is 14.6 Å². The standard InChI is InChI=1S/C12H16N4O3/c1-12(2,19)4-5-13-9-3-6-16-10(14-9)7-8(15-16)11(17)18/h3,6-7,19H,4-5H2,1-2H3,(H,13,14)(H,17,18). The van der Waals surface area contributed by atoms with Gasteiger partial charge < -0.3 is 15.5 Å². The molecule has 2 heterocycles. The van der Waals surface area contributed by atoms with Crippen molar-refractivity contribution >= 4 is 17.4 Å². The van der Waals surface area contributed by atoms with Gasteiger partial charge in [0.1, 0.15) is 5.82 Å². The van der Waals surface area contributed by atoms with Crippen LogP contribution < -0.4 is 5.32 Å². The van der Waals surface area contributed by atoms with Gasteiger partial charge in [-0.2, -0.15) is 5.10 Å². The molecule has 19 heavy (non-hydrogen) atoms. The van der Waals surface area contributed by atoms with E-state index >= 15 is 0 Å². The fourth-order valence-corrected chi connectivity index (χ4v) is 1.58. The zero-order valence-corrected chi connectivity index (χ0v) is 10.8. The van der Waals surface area contributed by atoms with E-state index in [1.165, 1.54) is 10.6 Å². The number of nitrogens with one attached hydrogen (secondary N) is 1. The largest absolute Gasteiger partial charge is 0.476 e. The zero-order chi connectivity index (χ0) is 14.0. The molecule has 0 atom stereocenters. The summed E-state index contributed by atoms with van der Waals surface area (Å²) in [4.78, 5) is 15.0. The molecule has 0 saturated heterocycles. The Bertz CT molecular complexity index is 601. The quantitative estimate of drug-likeness (QED) is 0.745. The highest BCUT2D eigenvalue weighted by Crippen LogP contribution is 2.11. The molecule has 0 aliphatic heterocycles. The van der Waals surface area contributed by atoms with Crippen molar-refractivity contribution in [2.24, 2.45) is 0 Å². The first-order valence-corrected chi connectivity index (χ1v) is 5.91. The Morgan fingerprint density at radius 1 is 1.53 bits per heavy atom. The average molecular weight is 264 g/mol. The molecule has 0 aliphatic carbocycles. The van der Waals surface area contributed by atoms with E-state index in [1.54, 1.807) is 26.1 Å². The first-order chi connectivity index (χ1) is 8.85. The summed E-state index contributed by atoms with van der Waals surface area (Å²) in [7, 11) is 0. The van der Waals surface area contributed by atoms with Crippen molar-refractivity contribution in [2.45, 2.75) is 25.9 Å². The molecule has 2 aromatic rings. The van der Waals surface area contributed by atoms with Crippen LogP contribution in [0.3, 0.4) is 0 Å². The number of carbonyl (C=O) groups is 1. The van der Waals surface area contributed by atoms with Crippen LogP contribution >= 0.6 is 0 Å². The van der Waals surface area contributed by atoms with Crippen LogP contribution in [0.4, 0.5) is 5.82 Å². The van der Waals surface area contributed by atoms with Gasteiger partial charge in [-0.15, -0.1) is 0 Å². The average Bonchev–Trinajstić information content (AvgIpc) is 2.70. The van der Waals surface area contributed by atoms with Gasteiger partial charge in [0.2, 0.25) is 0 Å². The van der Waals surface area contributed by atoms with Crippen LogP contribution in [0.15, 0.2) is 18.3 Å². The van der Waals surface area contributed by atoms with Gasteiger partial charge in [-0.1, -0.05) is 0 Å². The van der Waals surface area contributed by atoms with Crippen LogP contribution in [-0.2, 0) is 0 Å². The minimum absolute atomic E-state index is 0.0406. The van der Waals surface area contributed by atoms with Gasteiger partial charge in [-0.25, -0.2) is 14.3 Å². The van der Waals surface area contributed by atoms with E-state index in [1.807, 2.05) is 0 Å². The summed E-state index contributed by atoms with van der Waals surface area (Å²) in [6.07, 6.45) is 2.22. The van der Waals surface area contributed by atoms with Crippen molar-refractivity contribution in [3.05, 3.63) is 24.0 Å². The van der Waals surface area contributed by atoms with Gasteiger partial charge in [-0.3, -0.25) is 0 Å². The van der Waals surface area contributed by atoms with Gasteiger partial charge in [0.15, 0.2) is 11.3 Å². The van der Waals surface area contributed by atoms with Gasteiger partial charge in [-0.05, 0) is 26.3 Å². The molecule has 0 saturated carbocycles. The molecular formula is C12H16N4O3. The molecule has 7 nitrogen and oxygen atoms in total. The minimum atomic E-state index is -1.08. The SMILES string of the molecule is CC(C)(O)CCNc1ccn2nc(C(=O)O)cc2n1. The molecule has 0 aromatic carbocycles. The molecule has 0 radical (unpaired) electrons. The predicted octanol–water partition coefficient (Wildman–Crippen LogP) is 1.00. The van der Waals surface area contributed by atoms with Crippen LogP contribution in [0.25, 0.3) is 5.65 Å². The normalized spacial score (nSPS) is 11.7. The molecule has 0 fully saturated rings. The number of anilines is 1. The number of nitrogens with zero attached hydrogens (tertiary/aromatic N) is 3. The first kappa shape index (κ1) is 13.3. The van der Waals surface area contributed by atoms with Crippen LogP contribution in [0, 0.1) is 0 Å². The molecule has 0 bridgehead atoms. The second-order valence-electron chi connectivity index (χ2n) is 4.94. The van der Waals surface area contributed by atoms with E-state index in [0.717, 1.165) is 0 Å². The molecule has 2 aromatic heterocycles. The van der Waals surface area contributed by atoms with E-state index in [4.69, 9.17) is 5.11 Å². The maximum absolute atomic E-state index is 10.8. The lowest BCUT2D eigenvalue weighted by Gasteiger charge is -2.17. The Balaban J connectivity index is 2.11. The van der Waals surface area contributed by atoms with Crippen molar-refractivity contribution in [3.8, 4) is 0 Å². The van der Waals surface area contributed by atoms with E-state index in [9.17, 15) is 9.90 Å². The minimum Gasteiger partial charge on any atom is -0.476 e. The van der Waals surface area contributed by atoms with Crippen molar-refractivity contribution in [2.75, 3.05) is 11.9 Å². The maximum atomic E-state index is 10.8. The van der Waals surface area contributed by atoms with Crippen molar-refractivity contribution in [1.29, 1.82) is 0 Å². The summed E-state index contributed by atoms with van der Waals surface area (Å²) in [5.74, 6) is -0.462. The van der Waals surface area contributed by atoms with Gasteiger partial charge >= 0.3 is 5.97 Å². The molecular weight excluding hydrogens is 248 g/mol. The number of carboxylic acids is 1. The number of rotatable bonds is 5. The number of aromatic carboxylic acids is 1. The van der Waals surface area contributed by atoms with Crippen LogP contribution in [0.5, 0.6) is 0 Å². The summed E-state index contributed by atoms with van der Waals surface area (Å²) in [6.45, 7) is 4.05. The molecule has 0 amide bonds. The second kappa shape index (κ2) is 4.85. The van der Waals surface area contributed by atoms with E-state index in [2.05, 4.69) is 15.4 Å². The molecule has 0 unspecified atom stereocenters. The number of hydrogen-bond donors (Lipinski definition) is 3. The number of hydrogen-bond acceptors (Lipinski definition) is 5. The van der Waals surface area contributed by atoms with Gasteiger partial charge in [0.05, 0.1) is 5.60 Å². The summed E-state index contributed by atoms with van der Waals surface area (Å²) in [5, 5.41) is 25.4. The van der Waals surface area contributed by atoms with Crippen LogP contribution in [0.1, 0.15) is 30.8 Å². The highest BCUT2D eigenvalue weighted by Gasteiger charge is 2.12. The predicted molar refractivity (Wildman–Crippen MR) is 69.4 cm³/mol. The third-order valence-corrected chi connectivity index (χ3v) is 2.59. The molecule has 7 heteroatoms. The van der Waals surface area contributed by atoms with E-state index in [0.29, 0.717) is 24.4 Å². The number of aliphatic hydroxyl groups is 1. The monoisotopic (exact) mass is 264 g/mol.